The highest BCUT2D eigenvalue weighted by molar-refractivity contribution is 7.90. The van der Waals surface area contributed by atoms with E-state index in [0.717, 1.165) is 0 Å². The minimum absolute atomic E-state index is 0.292. The molecular weight excluding hydrogens is 162 g/mol. The Balaban J connectivity index is 2.21. The van der Waals surface area contributed by atoms with Gasteiger partial charge in [-0.3, -0.25) is 0 Å². The fourth-order valence-electron chi connectivity index (χ4n) is 1.01. The molecule has 1 rings (SSSR count). The molecule has 1 fully saturated rings. The summed E-state index contributed by atoms with van der Waals surface area (Å²) in [7, 11) is -0.778. The average Bonchev–Trinajstić information content (AvgIpc) is 2.61. The lowest BCUT2D eigenvalue weighted by atomic mass is 10.5. The van der Waals surface area contributed by atoms with Crippen LogP contribution in [0, 0.1) is 0 Å². The van der Waals surface area contributed by atoms with Crippen molar-refractivity contribution in [3.8, 4) is 0 Å². The van der Waals surface area contributed by atoms with Gasteiger partial charge in [0.15, 0.2) is 0 Å². The number of hydrogen-bond acceptors (Lipinski definition) is 3. The summed E-state index contributed by atoms with van der Waals surface area (Å²) < 4.78 is 21.5. The van der Waals surface area contributed by atoms with E-state index in [-0.39, 0.29) is 0 Å². The molecule has 0 unspecified atom stereocenters. The van der Waals surface area contributed by atoms with Crippen molar-refractivity contribution in [2.75, 3.05) is 25.6 Å². The van der Waals surface area contributed by atoms with E-state index in [1.54, 1.807) is 0 Å². The molecule has 1 aliphatic rings. The van der Waals surface area contributed by atoms with Gasteiger partial charge in [-0.15, -0.1) is 0 Å². The molecule has 4 heteroatoms. The Hall–Kier alpha value is -0.0900. The van der Waals surface area contributed by atoms with E-state index in [1.807, 2.05) is 7.05 Å². The van der Waals surface area contributed by atoms with Crippen LogP contribution in [0.2, 0.25) is 0 Å². The fraction of sp³-hybridized carbons (Fsp3) is 1.00. The monoisotopic (exact) mass is 177 g/mol. The van der Waals surface area contributed by atoms with Crippen LogP contribution in [0.1, 0.15) is 12.8 Å². The summed E-state index contributed by atoms with van der Waals surface area (Å²) >= 11 is 0. The SMILES string of the molecule is CN(CCS(C)(=O)=O)C1CC1. The summed E-state index contributed by atoms with van der Waals surface area (Å²) in [6.45, 7) is 0.684. The zero-order valence-corrected chi connectivity index (χ0v) is 7.89. The van der Waals surface area contributed by atoms with Gasteiger partial charge >= 0.3 is 0 Å². The van der Waals surface area contributed by atoms with Crippen molar-refractivity contribution in [3.63, 3.8) is 0 Å². The van der Waals surface area contributed by atoms with Crippen molar-refractivity contribution in [1.29, 1.82) is 0 Å². The van der Waals surface area contributed by atoms with E-state index >= 15 is 0 Å². The molecule has 0 bridgehead atoms. The van der Waals surface area contributed by atoms with Crippen LogP contribution >= 0.6 is 0 Å². The Kier molecular flexibility index (Phi) is 2.54. The van der Waals surface area contributed by atoms with Crippen molar-refractivity contribution in [2.24, 2.45) is 0 Å². The molecule has 1 aliphatic carbocycles. The van der Waals surface area contributed by atoms with Crippen LogP contribution < -0.4 is 0 Å². The number of hydrogen-bond donors (Lipinski definition) is 0. The predicted octanol–water partition coefficient (Wildman–Crippen LogP) is 0.125. The summed E-state index contributed by atoms with van der Waals surface area (Å²) in [5.74, 6) is 0.292. The zero-order chi connectivity index (χ0) is 8.48. The maximum absolute atomic E-state index is 10.8. The van der Waals surface area contributed by atoms with Gasteiger partial charge in [-0.1, -0.05) is 0 Å². The van der Waals surface area contributed by atoms with Crippen molar-refractivity contribution in [3.05, 3.63) is 0 Å². The van der Waals surface area contributed by atoms with Crippen LogP contribution in [-0.2, 0) is 9.84 Å². The van der Waals surface area contributed by atoms with Gasteiger partial charge < -0.3 is 4.90 Å². The van der Waals surface area contributed by atoms with Crippen LogP contribution in [-0.4, -0.2) is 45.0 Å². The second kappa shape index (κ2) is 3.11. The lowest BCUT2D eigenvalue weighted by Gasteiger charge is -2.13. The van der Waals surface area contributed by atoms with Crippen LogP contribution in [0.5, 0.6) is 0 Å². The summed E-state index contributed by atoms with van der Waals surface area (Å²) in [4.78, 5) is 2.13. The maximum atomic E-state index is 10.8. The third-order valence-electron chi connectivity index (χ3n) is 1.99. The smallest absolute Gasteiger partial charge is 0.148 e. The first-order valence-electron chi connectivity index (χ1n) is 3.87. The molecule has 0 aliphatic heterocycles. The van der Waals surface area contributed by atoms with Crippen LogP contribution in [0.4, 0.5) is 0 Å². The molecule has 0 atom stereocenters. The fourth-order valence-corrected chi connectivity index (χ4v) is 1.63. The topological polar surface area (TPSA) is 37.4 Å². The molecule has 0 saturated heterocycles. The molecule has 1 saturated carbocycles. The number of rotatable bonds is 4. The van der Waals surface area contributed by atoms with Gasteiger partial charge in [0.1, 0.15) is 9.84 Å². The average molecular weight is 177 g/mol. The predicted molar refractivity (Wildman–Crippen MR) is 45.4 cm³/mol. The molecule has 11 heavy (non-hydrogen) atoms. The molecule has 0 radical (unpaired) electrons. The van der Waals surface area contributed by atoms with Crippen molar-refractivity contribution in [1.82, 2.24) is 4.90 Å². The first kappa shape index (κ1) is 9.00. The number of nitrogens with zero attached hydrogens (tertiary/aromatic N) is 1. The number of sulfone groups is 1. The van der Waals surface area contributed by atoms with E-state index in [2.05, 4.69) is 4.90 Å². The summed E-state index contributed by atoms with van der Waals surface area (Å²) in [6, 6.07) is 0.664. The molecule has 0 aromatic rings. The molecule has 0 aromatic heterocycles. The molecule has 0 amide bonds. The highest BCUT2D eigenvalue weighted by Gasteiger charge is 2.26. The second-order valence-corrected chi connectivity index (χ2v) is 5.60. The maximum Gasteiger partial charge on any atom is 0.148 e. The quantitative estimate of drug-likeness (QED) is 0.612. The van der Waals surface area contributed by atoms with Gasteiger partial charge in [0, 0.05) is 18.8 Å². The van der Waals surface area contributed by atoms with Crippen molar-refractivity contribution < 1.29 is 8.42 Å². The van der Waals surface area contributed by atoms with E-state index in [4.69, 9.17) is 0 Å². The Morgan fingerprint density at radius 2 is 2.00 bits per heavy atom. The lowest BCUT2D eigenvalue weighted by Crippen LogP contribution is -2.26. The summed E-state index contributed by atoms with van der Waals surface area (Å²) in [6.07, 6.45) is 3.76. The minimum atomic E-state index is -2.77. The Morgan fingerprint density at radius 3 is 2.36 bits per heavy atom. The van der Waals surface area contributed by atoms with Crippen LogP contribution in [0.25, 0.3) is 0 Å². The lowest BCUT2D eigenvalue weighted by molar-refractivity contribution is 0.343. The van der Waals surface area contributed by atoms with Crippen molar-refractivity contribution >= 4 is 9.84 Å². The standard InChI is InChI=1S/C7H15NO2S/c1-8(7-3-4-7)5-6-11(2,9)10/h7H,3-6H2,1-2H3. The van der Waals surface area contributed by atoms with E-state index in [1.165, 1.54) is 19.1 Å². The van der Waals surface area contributed by atoms with Crippen LogP contribution in [0.3, 0.4) is 0 Å². The van der Waals surface area contributed by atoms with Gasteiger partial charge in [-0.05, 0) is 19.9 Å². The van der Waals surface area contributed by atoms with E-state index in [9.17, 15) is 8.42 Å². The van der Waals surface area contributed by atoms with Gasteiger partial charge in [0.25, 0.3) is 0 Å². The molecule has 3 nitrogen and oxygen atoms in total. The summed E-state index contributed by atoms with van der Waals surface area (Å²) in [5.41, 5.74) is 0. The van der Waals surface area contributed by atoms with Gasteiger partial charge in [0.05, 0.1) is 5.75 Å². The highest BCUT2D eigenvalue weighted by Crippen LogP contribution is 2.24. The highest BCUT2D eigenvalue weighted by atomic mass is 32.2. The van der Waals surface area contributed by atoms with Gasteiger partial charge in [-0.25, -0.2) is 8.42 Å². The first-order valence-corrected chi connectivity index (χ1v) is 5.93. The first-order chi connectivity index (χ1) is 4.99. The molecular formula is C7H15NO2S. The minimum Gasteiger partial charge on any atom is -0.302 e. The summed E-state index contributed by atoms with van der Waals surface area (Å²) in [5, 5.41) is 0. The van der Waals surface area contributed by atoms with E-state index in [0.29, 0.717) is 18.3 Å². The van der Waals surface area contributed by atoms with Gasteiger partial charge in [0.2, 0.25) is 0 Å². The Bertz CT molecular complexity index is 219. The second-order valence-electron chi connectivity index (χ2n) is 3.34. The zero-order valence-electron chi connectivity index (χ0n) is 7.08. The van der Waals surface area contributed by atoms with Crippen LogP contribution in [0.15, 0.2) is 0 Å². The normalized spacial score (nSPS) is 19.2. The van der Waals surface area contributed by atoms with Crippen molar-refractivity contribution in [2.45, 2.75) is 18.9 Å². The molecule has 0 N–H and O–H groups in total. The Labute approximate surface area is 68.3 Å². The molecule has 0 heterocycles. The third kappa shape index (κ3) is 3.72. The van der Waals surface area contributed by atoms with Gasteiger partial charge in [-0.2, -0.15) is 0 Å². The third-order valence-corrected chi connectivity index (χ3v) is 2.91. The Morgan fingerprint density at radius 1 is 1.45 bits per heavy atom. The molecule has 0 spiro atoms. The molecule has 66 valence electrons. The molecule has 0 aromatic carbocycles. The van der Waals surface area contributed by atoms with E-state index < -0.39 is 9.84 Å². The largest absolute Gasteiger partial charge is 0.302 e.